The zero-order chi connectivity index (χ0) is 19.6. The van der Waals surface area contributed by atoms with Crippen molar-refractivity contribution < 1.29 is 0 Å². The van der Waals surface area contributed by atoms with Crippen LogP contribution in [0.25, 0.3) is 0 Å². The van der Waals surface area contributed by atoms with Crippen LogP contribution < -0.4 is 5.73 Å². The highest BCUT2D eigenvalue weighted by Gasteiger charge is 1.89. The molecular formula is C24H49N. The summed E-state index contributed by atoms with van der Waals surface area (Å²) in [5.74, 6) is 0. The fourth-order valence-electron chi connectivity index (χ4n) is 2.14. The lowest BCUT2D eigenvalue weighted by Gasteiger charge is -1.99. The summed E-state index contributed by atoms with van der Waals surface area (Å²) in [5.41, 5.74) is 6.74. The Balaban J connectivity index is -0.000000337. The Morgan fingerprint density at radius 3 is 1.64 bits per heavy atom. The summed E-state index contributed by atoms with van der Waals surface area (Å²) in [7, 11) is 0. The Morgan fingerprint density at radius 1 is 0.720 bits per heavy atom. The van der Waals surface area contributed by atoms with Gasteiger partial charge in [0, 0.05) is 0 Å². The van der Waals surface area contributed by atoms with Gasteiger partial charge in [-0.3, -0.25) is 0 Å². The van der Waals surface area contributed by atoms with Crippen molar-refractivity contribution in [3.8, 4) is 0 Å². The average molecular weight is 352 g/mol. The van der Waals surface area contributed by atoms with Crippen molar-refractivity contribution in [3.63, 3.8) is 0 Å². The molecule has 0 aliphatic carbocycles. The number of rotatable bonds is 13. The first kappa shape index (κ1) is 29.0. The molecule has 0 aromatic heterocycles. The van der Waals surface area contributed by atoms with E-state index < -0.39 is 0 Å². The van der Waals surface area contributed by atoms with E-state index >= 15 is 0 Å². The van der Waals surface area contributed by atoms with Gasteiger partial charge in [-0.05, 0) is 32.7 Å². The summed E-state index contributed by atoms with van der Waals surface area (Å²) in [6, 6.07) is 0. The second kappa shape index (κ2) is 31.0. The van der Waals surface area contributed by atoms with Crippen LogP contribution in [0, 0.1) is 0 Å². The molecule has 0 saturated heterocycles. The predicted molar refractivity (Wildman–Crippen MR) is 120 cm³/mol. The van der Waals surface area contributed by atoms with E-state index in [1.807, 2.05) is 6.08 Å². The Kier molecular flexibility index (Phi) is 35.9. The molecule has 0 aromatic carbocycles. The van der Waals surface area contributed by atoms with Crippen molar-refractivity contribution >= 4 is 0 Å². The van der Waals surface area contributed by atoms with Crippen molar-refractivity contribution in [2.75, 3.05) is 6.54 Å². The summed E-state index contributed by atoms with van der Waals surface area (Å²) in [6.45, 7) is 15.6. The third kappa shape index (κ3) is 39.7. The molecule has 1 heteroatoms. The molecule has 0 aliphatic rings. The first-order chi connectivity index (χ1) is 12.1. The number of allylic oxidation sites excluding steroid dienone is 5. The van der Waals surface area contributed by atoms with Crippen LogP contribution in [-0.2, 0) is 0 Å². The van der Waals surface area contributed by atoms with E-state index in [1.165, 1.54) is 82.6 Å². The SMILES string of the molecule is C=C/C=C\C=C(/C)CCCCCC.CCCCC.CCCCCCN. The van der Waals surface area contributed by atoms with E-state index in [2.05, 4.69) is 53.3 Å². The lowest BCUT2D eigenvalue weighted by Crippen LogP contribution is -1.97. The Labute approximate surface area is 160 Å². The minimum absolute atomic E-state index is 0.861. The zero-order valence-corrected chi connectivity index (χ0v) is 18.3. The minimum Gasteiger partial charge on any atom is -0.330 e. The molecule has 0 aromatic rings. The molecule has 0 saturated carbocycles. The number of hydrogen-bond donors (Lipinski definition) is 1. The van der Waals surface area contributed by atoms with Gasteiger partial charge in [-0.15, -0.1) is 0 Å². The lowest BCUT2D eigenvalue weighted by molar-refractivity contribution is 0.664. The van der Waals surface area contributed by atoms with Crippen molar-refractivity contribution in [3.05, 3.63) is 36.5 Å². The molecular weight excluding hydrogens is 302 g/mol. The van der Waals surface area contributed by atoms with Gasteiger partial charge in [0.2, 0.25) is 0 Å². The highest BCUT2D eigenvalue weighted by molar-refractivity contribution is 5.13. The second-order valence-corrected chi connectivity index (χ2v) is 6.65. The number of unbranched alkanes of at least 4 members (excludes halogenated alkanes) is 8. The van der Waals surface area contributed by atoms with E-state index in [-0.39, 0.29) is 0 Å². The summed E-state index contributed by atoms with van der Waals surface area (Å²) in [6.07, 6.45) is 23.9. The molecule has 0 atom stereocenters. The van der Waals surface area contributed by atoms with Gasteiger partial charge in [0.15, 0.2) is 0 Å². The van der Waals surface area contributed by atoms with Crippen molar-refractivity contribution in [1.82, 2.24) is 0 Å². The van der Waals surface area contributed by atoms with Gasteiger partial charge in [0.25, 0.3) is 0 Å². The summed E-state index contributed by atoms with van der Waals surface area (Å²) in [5, 5.41) is 0. The van der Waals surface area contributed by atoms with Gasteiger partial charge >= 0.3 is 0 Å². The van der Waals surface area contributed by atoms with Crippen LogP contribution in [0.2, 0.25) is 0 Å². The fraction of sp³-hybridized carbons (Fsp3) is 0.750. The molecule has 150 valence electrons. The van der Waals surface area contributed by atoms with Gasteiger partial charge in [-0.25, -0.2) is 0 Å². The molecule has 0 heterocycles. The highest BCUT2D eigenvalue weighted by Crippen LogP contribution is 2.09. The fourth-order valence-corrected chi connectivity index (χ4v) is 2.14. The van der Waals surface area contributed by atoms with Crippen LogP contribution in [0.3, 0.4) is 0 Å². The van der Waals surface area contributed by atoms with Gasteiger partial charge in [0.1, 0.15) is 0 Å². The van der Waals surface area contributed by atoms with Gasteiger partial charge in [0.05, 0.1) is 0 Å². The third-order valence-electron chi connectivity index (χ3n) is 3.82. The highest BCUT2D eigenvalue weighted by atomic mass is 14.5. The molecule has 0 bridgehead atoms. The van der Waals surface area contributed by atoms with Crippen LogP contribution in [-0.4, -0.2) is 6.54 Å². The third-order valence-corrected chi connectivity index (χ3v) is 3.82. The average Bonchev–Trinajstić information content (AvgIpc) is 2.61. The Hall–Kier alpha value is -0.820. The van der Waals surface area contributed by atoms with E-state index in [4.69, 9.17) is 5.73 Å². The first-order valence-electron chi connectivity index (χ1n) is 10.8. The normalized spacial score (nSPS) is 10.7. The number of hydrogen-bond acceptors (Lipinski definition) is 1. The molecule has 2 N–H and O–H groups in total. The number of nitrogens with two attached hydrogens (primary N) is 1. The zero-order valence-electron chi connectivity index (χ0n) is 18.3. The molecule has 0 amide bonds. The lowest BCUT2D eigenvalue weighted by atomic mass is 10.1. The smallest absolute Gasteiger partial charge is 0.00773 e. The molecule has 0 spiro atoms. The van der Waals surface area contributed by atoms with E-state index in [0.29, 0.717) is 0 Å². The Morgan fingerprint density at radius 2 is 1.24 bits per heavy atom. The predicted octanol–water partition coefficient (Wildman–Crippen LogP) is 8.37. The summed E-state index contributed by atoms with van der Waals surface area (Å²) < 4.78 is 0. The van der Waals surface area contributed by atoms with Crippen molar-refractivity contribution in [2.45, 2.75) is 112 Å². The van der Waals surface area contributed by atoms with Crippen LogP contribution in [0.15, 0.2) is 36.5 Å². The van der Waals surface area contributed by atoms with Crippen molar-refractivity contribution in [1.29, 1.82) is 0 Å². The molecule has 0 radical (unpaired) electrons. The summed E-state index contributed by atoms with van der Waals surface area (Å²) in [4.78, 5) is 0. The van der Waals surface area contributed by atoms with Crippen LogP contribution >= 0.6 is 0 Å². The largest absolute Gasteiger partial charge is 0.330 e. The van der Waals surface area contributed by atoms with Gasteiger partial charge in [-0.2, -0.15) is 0 Å². The maximum atomic E-state index is 5.27. The second-order valence-electron chi connectivity index (χ2n) is 6.65. The summed E-state index contributed by atoms with van der Waals surface area (Å²) >= 11 is 0. The molecule has 0 unspecified atom stereocenters. The van der Waals surface area contributed by atoms with Crippen molar-refractivity contribution in [2.24, 2.45) is 5.73 Å². The standard InChI is InChI=1S/C13H22.C6H15N.C5H12/c1-4-6-8-10-12-13(3)11-9-7-5-2;1-2-3-4-5-6-7;1-3-5-4-2/h5,7,9,11H,2,4,6,8,10,12H2,1,3H3;2-7H2,1H3;3-5H2,1-2H3/b9-7-,13-11+;;. The quantitative estimate of drug-likeness (QED) is 0.262. The molecule has 25 heavy (non-hydrogen) atoms. The molecule has 0 fully saturated rings. The topological polar surface area (TPSA) is 26.0 Å². The Bertz CT molecular complexity index is 270. The van der Waals surface area contributed by atoms with E-state index in [0.717, 1.165) is 6.54 Å². The van der Waals surface area contributed by atoms with E-state index in [9.17, 15) is 0 Å². The van der Waals surface area contributed by atoms with E-state index in [1.54, 1.807) is 6.08 Å². The van der Waals surface area contributed by atoms with Crippen LogP contribution in [0.4, 0.5) is 0 Å². The van der Waals surface area contributed by atoms with Crippen LogP contribution in [0.5, 0.6) is 0 Å². The first-order valence-corrected chi connectivity index (χ1v) is 10.8. The van der Waals surface area contributed by atoms with Gasteiger partial charge in [-0.1, -0.05) is 122 Å². The molecule has 1 nitrogen and oxygen atoms in total. The minimum atomic E-state index is 0.861. The monoisotopic (exact) mass is 351 g/mol. The maximum absolute atomic E-state index is 5.27. The molecule has 0 aliphatic heterocycles. The van der Waals surface area contributed by atoms with Crippen LogP contribution in [0.1, 0.15) is 112 Å². The molecule has 0 rings (SSSR count). The maximum Gasteiger partial charge on any atom is -0.00773 e. The van der Waals surface area contributed by atoms with Gasteiger partial charge < -0.3 is 5.73 Å².